The van der Waals surface area contributed by atoms with Crippen molar-refractivity contribution in [3.8, 4) is 0 Å². The molecule has 0 N–H and O–H groups in total. The summed E-state index contributed by atoms with van der Waals surface area (Å²) in [7, 11) is 0. The Balaban J connectivity index is 1.03. The number of benzene rings is 8. The van der Waals surface area contributed by atoms with Crippen LogP contribution in [0.5, 0.6) is 0 Å². The molecular formula is C58H48. The van der Waals surface area contributed by atoms with Gasteiger partial charge in [-0.15, -0.1) is 0 Å². The Morgan fingerprint density at radius 2 is 0.655 bits per heavy atom. The molecule has 0 fully saturated rings. The van der Waals surface area contributed by atoms with Gasteiger partial charge in [-0.1, -0.05) is 216 Å². The quantitative estimate of drug-likeness (QED) is 0.122. The lowest BCUT2D eigenvalue weighted by Crippen LogP contribution is -1.89. The molecule has 8 aromatic rings. The van der Waals surface area contributed by atoms with Crippen LogP contribution in [0, 0.1) is 27.7 Å². The van der Waals surface area contributed by atoms with Crippen LogP contribution in [-0.2, 0) is 0 Å². The largest absolute Gasteiger partial charge is 0.0616 e. The third kappa shape index (κ3) is 9.32. The number of hydrogen-bond acceptors (Lipinski definition) is 0. The third-order valence-electron chi connectivity index (χ3n) is 10.8. The molecule has 0 saturated carbocycles. The van der Waals surface area contributed by atoms with Crippen LogP contribution in [0.4, 0.5) is 0 Å². The van der Waals surface area contributed by atoms with Crippen molar-refractivity contribution in [1.82, 2.24) is 0 Å². The van der Waals surface area contributed by atoms with Gasteiger partial charge in [0.25, 0.3) is 0 Å². The van der Waals surface area contributed by atoms with Crippen LogP contribution >= 0.6 is 0 Å². The van der Waals surface area contributed by atoms with Crippen LogP contribution in [0.1, 0.15) is 77.9 Å². The van der Waals surface area contributed by atoms with Gasteiger partial charge in [-0.05, 0) is 130 Å². The first-order valence-electron chi connectivity index (χ1n) is 20.1. The number of fused-ring (bicyclic) bond motifs is 1. The summed E-state index contributed by atoms with van der Waals surface area (Å²) in [6.07, 6.45) is 13.5. The zero-order valence-electron chi connectivity index (χ0n) is 33.8. The second-order valence-corrected chi connectivity index (χ2v) is 15.4. The first kappa shape index (κ1) is 37.9. The monoisotopic (exact) mass is 744 g/mol. The van der Waals surface area contributed by atoms with Crippen LogP contribution in [0.3, 0.4) is 0 Å². The summed E-state index contributed by atoms with van der Waals surface area (Å²) >= 11 is 0. The zero-order chi connectivity index (χ0) is 39.8. The lowest BCUT2D eigenvalue weighted by Gasteiger charge is -2.10. The van der Waals surface area contributed by atoms with Gasteiger partial charge in [0.05, 0.1) is 0 Å². The second kappa shape index (κ2) is 17.4. The molecule has 0 nitrogen and oxygen atoms in total. The Morgan fingerprint density at radius 3 is 1.07 bits per heavy atom. The van der Waals surface area contributed by atoms with Crippen molar-refractivity contribution in [2.45, 2.75) is 27.7 Å². The van der Waals surface area contributed by atoms with Crippen molar-refractivity contribution in [3.05, 3.63) is 260 Å². The molecule has 0 heteroatoms. The number of hydrogen-bond donors (Lipinski definition) is 0. The lowest BCUT2D eigenvalue weighted by molar-refractivity contribution is 1.43. The van der Waals surface area contributed by atoms with E-state index in [1.807, 2.05) is 0 Å². The molecule has 280 valence electrons. The van der Waals surface area contributed by atoms with E-state index in [-0.39, 0.29) is 0 Å². The molecule has 0 aliphatic carbocycles. The van der Waals surface area contributed by atoms with E-state index in [4.69, 9.17) is 0 Å². The maximum absolute atomic E-state index is 2.30. The fraction of sp³-hybridized carbons (Fsp3) is 0.0690. The van der Waals surface area contributed by atoms with Gasteiger partial charge >= 0.3 is 0 Å². The van der Waals surface area contributed by atoms with Crippen molar-refractivity contribution in [1.29, 1.82) is 0 Å². The van der Waals surface area contributed by atoms with Gasteiger partial charge < -0.3 is 0 Å². The molecule has 0 atom stereocenters. The summed E-state index contributed by atoms with van der Waals surface area (Å²) in [6, 6.07) is 66.1. The Bertz CT molecular complexity index is 2670. The summed E-state index contributed by atoms with van der Waals surface area (Å²) in [5.41, 5.74) is 19.4. The molecular weight excluding hydrogens is 697 g/mol. The molecule has 0 aromatic heterocycles. The van der Waals surface area contributed by atoms with Crippen LogP contribution in [-0.4, -0.2) is 0 Å². The minimum Gasteiger partial charge on any atom is -0.0616 e. The molecule has 0 spiro atoms. The molecule has 0 aliphatic heterocycles. The van der Waals surface area contributed by atoms with Crippen molar-refractivity contribution < 1.29 is 0 Å². The Morgan fingerprint density at radius 1 is 0.310 bits per heavy atom. The molecule has 0 aliphatic rings. The number of rotatable bonds is 10. The van der Waals surface area contributed by atoms with Gasteiger partial charge in [0.15, 0.2) is 0 Å². The molecule has 0 amide bonds. The first-order chi connectivity index (χ1) is 28.3. The predicted octanol–water partition coefficient (Wildman–Crippen LogP) is 15.6. The first-order valence-corrected chi connectivity index (χ1v) is 20.1. The van der Waals surface area contributed by atoms with Crippen LogP contribution in [0.2, 0.25) is 0 Å². The molecule has 58 heavy (non-hydrogen) atoms. The van der Waals surface area contributed by atoms with E-state index in [0.29, 0.717) is 0 Å². The third-order valence-corrected chi connectivity index (χ3v) is 10.8. The van der Waals surface area contributed by atoms with Crippen LogP contribution < -0.4 is 0 Å². The zero-order valence-corrected chi connectivity index (χ0v) is 33.8. The van der Waals surface area contributed by atoms with E-state index in [9.17, 15) is 0 Å². The summed E-state index contributed by atoms with van der Waals surface area (Å²) < 4.78 is 0. The van der Waals surface area contributed by atoms with Crippen molar-refractivity contribution in [3.63, 3.8) is 0 Å². The maximum Gasteiger partial charge on any atom is -0.0105 e. The van der Waals surface area contributed by atoms with Gasteiger partial charge in [0, 0.05) is 0 Å². The highest BCUT2D eigenvalue weighted by Gasteiger charge is 2.08. The second-order valence-electron chi connectivity index (χ2n) is 15.4. The van der Waals surface area contributed by atoms with Gasteiger partial charge in [0.1, 0.15) is 0 Å². The molecule has 0 heterocycles. The van der Waals surface area contributed by atoms with E-state index in [1.54, 1.807) is 0 Å². The smallest absolute Gasteiger partial charge is 0.0105 e. The summed E-state index contributed by atoms with van der Waals surface area (Å²) in [5.74, 6) is 0. The summed E-state index contributed by atoms with van der Waals surface area (Å²) in [5, 5.41) is 2.47. The summed E-state index contributed by atoms with van der Waals surface area (Å²) in [4.78, 5) is 0. The summed E-state index contributed by atoms with van der Waals surface area (Å²) in [6.45, 7) is 8.54. The average molecular weight is 745 g/mol. The van der Waals surface area contributed by atoms with Gasteiger partial charge in [-0.2, -0.15) is 0 Å². The van der Waals surface area contributed by atoms with Crippen molar-refractivity contribution >= 4 is 58.4 Å². The van der Waals surface area contributed by atoms with E-state index in [2.05, 4.69) is 246 Å². The maximum atomic E-state index is 2.30. The van der Waals surface area contributed by atoms with E-state index >= 15 is 0 Å². The SMILES string of the molecule is Cc1ccc(C(=Cc2ccc(/C=C\c3cc(/C=C\c4ccc(C=C(c5ccc(C)cc5)c5ccc(C)cc5)cc4)c4ccccc4c3)cc2)c2ccc(C)cc2)cc1. The average Bonchev–Trinajstić information content (AvgIpc) is 3.25. The minimum atomic E-state index is 1.16. The topological polar surface area (TPSA) is 0 Å². The molecule has 8 rings (SSSR count). The molecule has 0 bridgehead atoms. The van der Waals surface area contributed by atoms with E-state index < -0.39 is 0 Å². The number of aryl methyl sites for hydroxylation is 4. The van der Waals surface area contributed by atoms with E-state index in [1.165, 1.54) is 88.7 Å². The molecule has 0 radical (unpaired) electrons. The molecule has 0 unspecified atom stereocenters. The minimum absolute atomic E-state index is 1.16. The normalized spacial score (nSPS) is 11.3. The highest BCUT2D eigenvalue weighted by Crippen LogP contribution is 2.30. The Hall–Kier alpha value is -7.02. The van der Waals surface area contributed by atoms with Crippen molar-refractivity contribution in [2.24, 2.45) is 0 Å². The highest BCUT2D eigenvalue weighted by atomic mass is 14.1. The fourth-order valence-corrected chi connectivity index (χ4v) is 7.32. The van der Waals surface area contributed by atoms with Gasteiger partial charge in [-0.3, -0.25) is 0 Å². The fourth-order valence-electron chi connectivity index (χ4n) is 7.32. The highest BCUT2D eigenvalue weighted by molar-refractivity contribution is 5.96. The molecule has 8 aromatic carbocycles. The van der Waals surface area contributed by atoms with Crippen molar-refractivity contribution in [2.75, 3.05) is 0 Å². The van der Waals surface area contributed by atoms with Crippen LogP contribution in [0.15, 0.2) is 182 Å². The van der Waals surface area contributed by atoms with E-state index in [0.717, 1.165) is 11.1 Å². The predicted molar refractivity (Wildman–Crippen MR) is 253 cm³/mol. The van der Waals surface area contributed by atoms with Crippen LogP contribution in [0.25, 0.3) is 58.4 Å². The van der Waals surface area contributed by atoms with Gasteiger partial charge in [0.2, 0.25) is 0 Å². The standard InChI is InChI=1S/C58H48/c1-41-9-28-50(29-10-41)57(51-30-11-42(2)12-31-51)39-47-22-17-45(18-23-47)21-26-49-37-54-7-5-6-8-56(54)55(38-49)36-27-46-19-24-48(25-20-46)40-58(52-32-13-43(3)14-33-52)53-34-15-44(4)16-35-53/h5-40H,1-4H3/b26-21-,36-27-. The molecule has 0 saturated heterocycles. The Labute approximate surface area is 344 Å². The Kier molecular flexibility index (Phi) is 11.4. The lowest BCUT2D eigenvalue weighted by atomic mass is 9.94. The van der Waals surface area contributed by atoms with Gasteiger partial charge in [-0.25, -0.2) is 0 Å².